The smallest absolute Gasteiger partial charge is 0.175 e. The highest BCUT2D eigenvalue weighted by molar-refractivity contribution is 14.1. The number of rotatable bonds is 1. The van der Waals surface area contributed by atoms with Crippen LogP contribution in [-0.2, 0) is 0 Å². The molecule has 0 atom stereocenters. The zero-order valence-electron chi connectivity index (χ0n) is 6.03. The maximum atomic E-state index is 8.53. The van der Waals surface area contributed by atoms with Crippen molar-refractivity contribution >= 4 is 22.6 Å². The molecule has 0 radical (unpaired) electrons. The van der Waals surface area contributed by atoms with Crippen LogP contribution in [-0.4, -0.2) is 4.98 Å². The second kappa shape index (κ2) is 4.03. The molecule has 0 aliphatic carbocycles. The van der Waals surface area contributed by atoms with Crippen molar-refractivity contribution in [3.05, 3.63) is 27.6 Å². The molecule has 1 heterocycles. The average Bonchev–Trinajstić information content (AvgIpc) is 2.10. The van der Waals surface area contributed by atoms with Gasteiger partial charge < -0.3 is 0 Å². The molecule has 0 amide bonds. The third-order valence-electron chi connectivity index (χ3n) is 1.30. The summed E-state index contributed by atoms with van der Waals surface area (Å²) in [5, 5.41) is 17.1. The first-order chi connectivity index (χ1) is 5.77. The van der Waals surface area contributed by atoms with Crippen LogP contribution in [0.1, 0.15) is 11.6 Å². The quantitative estimate of drug-likeness (QED) is 0.730. The molecule has 1 rings (SSSR count). The van der Waals surface area contributed by atoms with Gasteiger partial charge in [0.25, 0.3) is 0 Å². The number of nitrogens with zero attached hydrogens (tertiary/aromatic N) is 3. The van der Waals surface area contributed by atoms with Crippen molar-refractivity contribution in [2.24, 2.45) is 0 Å². The second-order valence-corrected chi connectivity index (χ2v) is 3.34. The zero-order chi connectivity index (χ0) is 8.97. The summed E-state index contributed by atoms with van der Waals surface area (Å²) in [6, 6.07) is 7.24. The first-order valence-corrected chi connectivity index (χ1v) is 4.26. The zero-order valence-corrected chi connectivity index (χ0v) is 8.19. The van der Waals surface area contributed by atoms with Gasteiger partial charge in [0.1, 0.15) is 0 Å². The van der Waals surface area contributed by atoms with Gasteiger partial charge in [-0.25, -0.2) is 0 Å². The van der Waals surface area contributed by atoms with E-state index in [1.807, 2.05) is 18.2 Å². The van der Waals surface area contributed by atoms with Gasteiger partial charge in [-0.2, -0.15) is 10.5 Å². The fraction of sp³-hybridized carbons (Fsp3) is 0.125. The maximum absolute atomic E-state index is 8.53. The molecular weight excluding hydrogens is 265 g/mol. The lowest BCUT2D eigenvalue weighted by molar-refractivity contribution is 1.01. The summed E-state index contributed by atoms with van der Waals surface area (Å²) in [7, 11) is 0. The predicted octanol–water partition coefficient (Wildman–Crippen LogP) is 1.82. The Morgan fingerprint density at radius 2 is 2.00 bits per heavy atom. The minimum Gasteiger partial charge on any atom is -0.258 e. The van der Waals surface area contributed by atoms with Crippen molar-refractivity contribution in [3.63, 3.8) is 0 Å². The van der Waals surface area contributed by atoms with E-state index in [1.54, 1.807) is 12.3 Å². The van der Waals surface area contributed by atoms with E-state index >= 15 is 0 Å². The van der Waals surface area contributed by atoms with E-state index in [0.717, 1.165) is 3.57 Å². The highest BCUT2D eigenvalue weighted by Crippen LogP contribution is 2.11. The molecule has 3 nitrogen and oxygen atoms in total. The Balaban J connectivity index is 2.99. The monoisotopic (exact) mass is 269 g/mol. The van der Waals surface area contributed by atoms with E-state index in [9.17, 15) is 0 Å². The third-order valence-corrected chi connectivity index (χ3v) is 1.94. The Bertz CT molecular complexity index is 330. The molecule has 1 aromatic rings. The van der Waals surface area contributed by atoms with Crippen molar-refractivity contribution in [2.45, 2.75) is 5.92 Å². The van der Waals surface area contributed by atoms with Crippen LogP contribution >= 0.6 is 22.6 Å². The van der Waals surface area contributed by atoms with Crippen molar-refractivity contribution < 1.29 is 0 Å². The summed E-state index contributed by atoms with van der Waals surface area (Å²) in [5.74, 6) is -0.748. The summed E-state index contributed by atoms with van der Waals surface area (Å²) in [6.07, 6.45) is 1.64. The number of aromatic nitrogens is 1. The molecule has 0 saturated carbocycles. The summed E-state index contributed by atoms with van der Waals surface area (Å²) in [5.41, 5.74) is 0.514. The average molecular weight is 269 g/mol. The van der Waals surface area contributed by atoms with Crippen molar-refractivity contribution in [1.29, 1.82) is 10.5 Å². The van der Waals surface area contributed by atoms with Crippen LogP contribution in [0.2, 0.25) is 0 Å². The molecule has 0 unspecified atom stereocenters. The normalized spacial score (nSPS) is 9.00. The van der Waals surface area contributed by atoms with Gasteiger partial charge in [0.05, 0.1) is 17.8 Å². The summed E-state index contributed by atoms with van der Waals surface area (Å²) in [4.78, 5) is 3.97. The van der Waals surface area contributed by atoms with Crippen LogP contribution in [0, 0.1) is 26.2 Å². The van der Waals surface area contributed by atoms with Gasteiger partial charge in [-0.3, -0.25) is 4.98 Å². The molecule has 0 aromatic carbocycles. The highest BCUT2D eigenvalue weighted by Gasteiger charge is 2.09. The molecule has 12 heavy (non-hydrogen) atoms. The first kappa shape index (κ1) is 8.95. The van der Waals surface area contributed by atoms with Crippen LogP contribution in [0.25, 0.3) is 0 Å². The van der Waals surface area contributed by atoms with Crippen molar-refractivity contribution in [2.75, 3.05) is 0 Å². The standard InChI is InChI=1S/C8H4IN3/c9-7-1-2-8(12-5-7)6(3-10)4-11/h1-2,5-6H. The molecule has 58 valence electrons. The summed E-state index contributed by atoms with van der Waals surface area (Å²) < 4.78 is 0.992. The van der Waals surface area contributed by atoms with Gasteiger partial charge in [-0.05, 0) is 34.7 Å². The van der Waals surface area contributed by atoms with Gasteiger partial charge in [0, 0.05) is 9.77 Å². The van der Waals surface area contributed by atoms with E-state index in [4.69, 9.17) is 10.5 Å². The Hall–Kier alpha value is -1.14. The van der Waals surface area contributed by atoms with Crippen LogP contribution in [0.3, 0.4) is 0 Å². The van der Waals surface area contributed by atoms with Crippen LogP contribution in [0.15, 0.2) is 18.3 Å². The minimum atomic E-state index is -0.748. The van der Waals surface area contributed by atoms with Crippen molar-refractivity contribution in [3.8, 4) is 12.1 Å². The van der Waals surface area contributed by atoms with Crippen LogP contribution in [0.5, 0.6) is 0 Å². The van der Waals surface area contributed by atoms with E-state index in [0.29, 0.717) is 5.69 Å². The fourth-order valence-electron chi connectivity index (χ4n) is 0.719. The lowest BCUT2D eigenvalue weighted by Gasteiger charge is -1.97. The number of nitriles is 2. The Morgan fingerprint density at radius 1 is 1.33 bits per heavy atom. The van der Waals surface area contributed by atoms with Crippen LogP contribution in [0.4, 0.5) is 0 Å². The molecule has 0 spiro atoms. The van der Waals surface area contributed by atoms with E-state index < -0.39 is 5.92 Å². The van der Waals surface area contributed by atoms with Gasteiger partial charge in [-0.1, -0.05) is 0 Å². The van der Waals surface area contributed by atoms with Crippen LogP contribution < -0.4 is 0 Å². The molecule has 0 aliphatic heterocycles. The lowest BCUT2D eigenvalue weighted by Crippen LogP contribution is -1.95. The number of pyridine rings is 1. The molecule has 0 aliphatic rings. The molecule has 0 saturated heterocycles. The number of hydrogen-bond acceptors (Lipinski definition) is 3. The molecule has 1 aromatic heterocycles. The molecule has 4 heteroatoms. The summed E-state index contributed by atoms with van der Waals surface area (Å²) >= 11 is 2.12. The maximum Gasteiger partial charge on any atom is 0.175 e. The number of hydrogen-bond donors (Lipinski definition) is 0. The van der Waals surface area contributed by atoms with E-state index in [2.05, 4.69) is 27.6 Å². The first-order valence-electron chi connectivity index (χ1n) is 3.18. The Morgan fingerprint density at radius 3 is 2.42 bits per heavy atom. The van der Waals surface area contributed by atoms with Gasteiger partial charge in [0.15, 0.2) is 5.92 Å². The molecule has 0 fully saturated rings. The fourth-order valence-corrected chi connectivity index (χ4v) is 1.04. The molecule has 0 bridgehead atoms. The Kier molecular flexibility index (Phi) is 3.01. The van der Waals surface area contributed by atoms with Gasteiger partial charge in [-0.15, -0.1) is 0 Å². The van der Waals surface area contributed by atoms with Gasteiger partial charge in [0.2, 0.25) is 0 Å². The highest BCUT2D eigenvalue weighted by atomic mass is 127. The largest absolute Gasteiger partial charge is 0.258 e. The predicted molar refractivity (Wildman–Crippen MR) is 50.9 cm³/mol. The second-order valence-electron chi connectivity index (χ2n) is 2.09. The minimum absolute atomic E-state index is 0.514. The van der Waals surface area contributed by atoms with E-state index in [1.165, 1.54) is 0 Å². The van der Waals surface area contributed by atoms with Gasteiger partial charge >= 0.3 is 0 Å². The topological polar surface area (TPSA) is 60.5 Å². The van der Waals surface area contributed by atoms with Crippen molar-refractivity contribution in [1.82, 2.24) is 4.98 Å². The number of halogens is 1. The third kappa shape index (κ3) is 1.93. The SMILES string of the molecule is N#CC(C#N)c1ccc(I)cn1. The summed E-state index contributed by atoms with van der Waals surface area (Å²) in [6.45, 7) is 0. The van der Waals surface area contributed by atoms with E-state index in [-0.39, 0.29) is 0 Å². The Labute approximate surface area is 83.8 Å². The molecular formula is C8H4IN3. The molecule has 0 N–H and O–H groups in total. The lowest BCUT2D eigenvalue weighted by atomic mass is 10.1.